The van der Waals surface area contributed by atoms with Crippen molar-refractivity contribution in [3.63, 3.8) is 0 Å². The highest BCUT2D eigenvalue weighted by molar-refractivity contribution is 6.42. The predicted molar refractivity (Wildman–Crippen MR) is 71.5 cm³/mol. The van der Waals surface area contributed by atoms with Crippen molar-refractivity contribution < 1.29 is 5.11 Å². The maximum atomic E-state index is 9.63. The van der Waals surface area contributed by atoms with Crippen LogP contribution in [0.3, 0.4) is 0 Å². The summed E-state index contributed by atoms with van der Waals surface area (Å²) in [6.07, 6.45) is 3.10. The zero-order chi connectivity index (χ0) is 12.5. The molecule has 1 saturated carbocycles. The molecule has 0 aliphatic heterocycles. The van der Waals surface area contributed by atoms with E-state index in [0.29, 0.717) is 22.5 Å². The first-order valence-corrected chi connectivity index (χ1v) is 6.62. The molecular weight excluding hydrogens is 257 g/mol. The van der Waals surface area contributed by atoms with Crippen molar-refractivity contribution in [2.75, 3.05) is 13.2 Å². The molecule has 1 unspecified atom stereocenters. The van der Waals surface area contributed by atoms with E-state index >= 15 is 0 Å². The van der Waals surface area contributed by atoms with E-state index in [4.69, 9.17) is 28.9 Å². The summed E-state index contributed by atoms with van der Waals surface area (Å²) < 4.78 is 0. The van der Waals surface area contributed by atoms with Gasteiger partial charge in [-0.1, -0.05) is 29.3 Å². The van der Waals surface area contributed by atoms with Crippen molar-refractivity contribution in [1.82, 2.24) is 0 Å². The van der Waals surface area contributed by atoms with Gasteiger partial charge in [-0.3, -0.25) is 0 Å². The Morgan fingerprint density at radius 3 is 2.47 bits per heavy atom. The fourth-order valence-corrected chi connectivity index (χ4v) is 2.71. The fourth-order valence-electron chi connectivity index (χ4n) is 2.38. The van der Waals surface area contributed by atoms with Gasteiger partial charge in [0.1, 0.15) is 0 Å². The summed E-state index contributed by atoms with van der Waals surface area (Å²) in [5.41, 5.74) is 6.76. The smallest absolute Gasteiger partial charge is 0.0595 e. The van der Waals surface area contributed by atoms with Crippen LogP contribution in [0.5, 0.6) is 0 Å². The highest BCUT2D eigenvalue weighted by atomic mass is 35.5. The first-order chi connectivity index (χ1) is 8.11. The van der Waals surface area contributed by atoms with E-state index < -0.39 is 0 Å². The molecule has 0 bridgehead atoms. The second-order valence-electron chi connectivity index (χ2n) is 4.92. The van der Waals surface area contributed by atoms with Gasteiger partial charge in [-0.25, -0.2) is 0 Å². The lowest BCUT2D eigenvalue weighted by molar-refractivity contribution is 0.109. The van der Waals surface area contributed by atoms with Crippen molar-refractivity contribution in [3.05, 3.63) is 33.8 Å². The molecule has 94 valence electrons. The lowest BCUT2D eigenvalue weighted by Crippen LogP contribution is -2.38. The number of hydrogen-bond acceptors (Lipinski definition) is 2. The van der Waals surface area contributed by atoms with Crippen molar-refractivity contribution >= 4 is 23.2 Å². The number of hydrogen-bond donors (Lipinski definition) is 2. The highest BCUT2D eigenvalue weighted by Gasteiger charge is 2.43. The van der Waals surface area contributed by atoms with Gasteiger partial charge in [0.05, 0.1) is 16.7 Å². The summed E-state index contributed by atoms with van der Waals surface area (Å²) in [6.45, 7) is 0.642. The average molecular weight is 274 g/mol. The minimum atomic E-state index is -0.183. The molecule has 0 heterocycles. The molecule has 17 heavy (non-hydrogen) atoms. The van der Waals surface area contributed by atoms with Gasteiger partial charge < -0.3 is 10.8 Å². The maximum absolute atomic E-state index is 9.63. The Hall–Kier alpha value is -0.280. The van der Waals surface area contributed by atoms with Gasteiger partial charge >= 0.3 is 0 Å². The first-order valence-electron chi connectivity index (χ1n) is 5.86. The van der Waals surface area contributed by atoms with Crippen LogP contribution in [0.1, 0.15) is 18.4 Å². The average Bonchev–Trinajstić information content (AvgIpc) is 3.15. The van der Waals surface area contributed by atoms with Crippen molar-refractivity contribution in [3.8, 4) is 0 Å². The largest absolute Gasteiger partial charge is 0.396 e. The molecule has 1 atom stereocenters. The van der Waals surface area contributed by atoms with Gasteiger partial charge in [0.25, 0.3) is 0 Å². The summed E-state index contributed by atoms with van der Waals surface area (Å²) >= 11 is 11.9. The Balaban J connectivity index is 2.19. The summed E-state index contributed by atoms with van der Waals surface area (Å²) in [4.78, 5) is 0. The lowest BCUT2D eigenvalue weighted by Gasteiger charge is -2.30. The molecule has 1 fully saturated rings. The SMILES string of the molecule is NCC(CO)(Cc1ccc(Cl)c(Cl)c1)C1CC1. The number of halogens is 2. The quantitative estimate of drug-likeness (QED) is 0.867. The molecule has 3 N–H and O–H groups in total. The minimum absolute atomic E-state index is 0.133. The Labute approximate surface area is 112 Å². The zero-order valence-corrected chi connectivity index (χ0v) is 11.1. The lowest BCUT2D eigenvalue weighted by atomic mass is 9.78. The molecule has 1 aromatic carbocycles. The van der Waals surface area contributed by atoms with Gasteiger partial charge in [0.15, 0.2) is 0 Å². The Bertz CT molecular complexity index is 400. The van der Waals surface area contributed by atoms with Gasteiger partial charge in [0.2, 0.25) is 0 Å². The van der Waals surface area contributed by atoms with E-state index in [1.807, 2.05) is 12.1 Å². The summed E-state index contributed by atoms with van der Waals surface area (Å²) in [5, 5.41) is 10.8. The molecule has 0 radical (unpaired) electrons. The molecule has 2 nitrogen and oxygen atoms in total. The van der Waals surface area contributed by atoms with Crippen LogP contribution < -0.4 is 5.73 Å². The molecule has 0 amide bonds. The third-order valence-electron chi connectivity index (χ3n) is 3.70. The third-order valence-corrected chi connectivity index (χ3v) is 4.44. The van der Waals surface area contributed by atoms with Crippen LogP contribution in [0.4, 0.5) is 0 Å². The molecule has 1 aromatic rings. The van der Waals surface area contributed by atoms with Gasteiger partial charge in [0, 0.05) is 12.0 Å². The summed E-state index contributed by atoms with van der Waals surface area (Å²) in [7, 11) is 0. The van der Waals surface area contributed by atoms with E-state index in [9.17, 15) is 5.11 Å². The van der Waals surface area contributed by atoms with Crippen LogP contribution in [0, 0.1) is 11.3 Å². The van der Waals surface area contributed by atoms with Crippen molar-refractivity contribution in [1.29, 1.82) is 0 Å². The molecule has 2 rings (SSSR count). The van der Waals surface area contributed by atoms with Gasteiger partial charge in [-0.15, -0.1) is 0 Å². The van der Waals surface area contributed by atoms with Crippen LogP contribution in [-0.2, 0) is 6.42 Å². The van der Waals surface area contributed by atoms with E-state index in [0.717, 1.165) is 12.0 Å². The molecular formula is C13H17Cl2NO. The standard InChI is InChI=1S/C13H17Cl2NO/c14-11-4-1-9(5-12(11)15)6-13(7-16,8-17)10-2-3-10/h1,4-5,10,17H,2-3,6-8,16H2. The predicted octanol–water partition coefficient (Wildman–Crippen LogP) is 2.88. The Morgan fingerprint density at radius 1 is 1.29 bits per heavy atom. The highest BCUT2D eigenvalue weighted by Crippen LogP contribution is 2.47. The van der Waals surface area contributed by atoms with Crippen LogP contribution in [0.15, 0.2) is 18.2 Å². The first kappa shape index (κ1) is 13.2. The second kappa shape index (κ2) is 5.15. The number of rotatable bonds is 5. The molecule has 1 aliphatic rings. The maximum Gasteiger partial charge on any atom is 0.0595 e. The van der Waals surface area contributed by atoms with Crippen LogP contribution in [0.25, 0.3) is 0 Å². The van der Waals surface area contributed by atoms with Gasteiger partial charge in [-0.2, -0.15) is 0 Å². The fraction of sp³-hybridized carbons (Fsp3) is 0.538. The van der Waals surface area contributed by atoms with Crippen LogP contribution in [-0.4, -0.2) is 18.3 Å². The van der Waals surface area contributed by atoms with E-state index in [1.54, 1.807) is 6.07 Å². The number of benzene rings is 1. The number of aliphatic hydroxyl groups excluding tert-OH is 1. The van der Waals surface area contributed by atoms with Crippen LogP contribution >= 0.6 is 23.2 Å². The van der Waals surface area contributed by atoms with Crippen molar-refractivity contribution in [2.24, 2.45) is 17.1 Å². The minimum Gasteiger partial charge on any atom is -0.396 e. The zero-order valence-electron chi connectivity index (χ0n) is 9.63. The second-order valence-corrected chi connectivity index (χ2v) is 5.74. The van der Waals surface area contributed by atoms with Gasteiger partial charge in [-0.05, 0) is 42.9 Å². The Morgan fingerprint density at radius 2 is 2.00 bits per heavy atom. The van der Waals surface area contributed by atoms with E-state index in [2.05, 4.69) is 0 Å². The summed E-state index contributed by atoms with van der Waals surface area (Å²) in [6, 6.07) is 5.62. The van der Waals surface area contributed by atoms with Crippen LogP contribution in [0.2, 0.25) is 10.0 Å². The molecule has 0 aromatic heterocycles. The van der Waals surface area contributed by atoms with E-state index in [-0.39, 0.29) is 12.0 Å². The Kier molecular flexibility index (Phi) is 3.99. The third kappa shape index (κ3) is 2.76. The normalized spacial score (nSPS) is 19.1. The summed E-state index contributed by atoms with van der Waals surface area (Å²) in [5.74, 6) is 0.548. The molecule has 4 heteroatoms. The number of aliphatic hydroxyl groups is 1. The molecule has 0 saturated heterocycles. The number of nitrogens with two attached hydrogens (primary N) is 1. The topological polar surface area (TPSA) is 46.2 Å². The monoisotopic (exact) mass is 273 g/mol. The van der Waals surface area contributed by atoms with E-state index in [1.165, 1.54) is 12.8 Å². The molecule has 1 aliphatic carbocycles. The molecule has 0 spiro atoms. The van der Waals surface area contributed by atoms with Crippen molar-refractivity contribution in [2.45, 2.75) is 19.3 Å².